The van der Waals surface area contributed by atoms with E-state index in [0.29, 0.717) is 18.7 Å². The van der Waals surface area contributed by atoms with Crippen molar-refractivity contribution in [3.8, 4) is 5.75 Å². The van der Waals surface area contributed by atoms with Crippen molar-refractivity contribution < 1.29 is 9.53 Å². The van der Waals surface area contributed by atoms with Crippen molar-refractivity contribution in [3.63, 3.8) is 0 Å². The van der Waals surface area contributed by atoms with Crippen LogP contribution >= 0.6 is 11.8 Å². The van der Waals surface area contributed by atoms with Crippen LogP contribution in [0.1, 0.15) is 15.9 Å². The van der Waals surface area contributed by atoms with Gasteiger partial charge in [-0.25, -0.2) is 0 Å². The van der Waals surface area contributed by atoms with Crippen molar-refractivity contribution in [2.45, 2.75) is 11.4 Å². The van der Waals surface area contributed by atoms with Gasteiger partial charge in [0.2, 0.25) is 0 Å². The second-order valence-corrected chi connectivity index (χ2v) is 8.07. The Labute approximate surface area is 181 Å². The van der Waals surface area contributed by atoms with E-state index >= 15 is 0 Å². The molecule has 0 heterocycles. The minimum absolute atomic E-state index is 0.0886. The first-order valence-electron chi connectivity index (χ1n) is 9.94. The Morgan fingerprint density at radius 3 is 2.33 bits per heavy atom. The summed E-state index contributed by atoms with van der Waals surface area (Å²) in [7, 11) is 0. The predicted molar refractivity (Wildman–Crippen MR) is 124 cm³/mol. The molecule has 0 aliphatic carbocycles. The number of hydrogen-bond acceptors (Lipinski definition) is 3. The van der Waals surface area contributed by atoms with Crippen LogP contribution in [0.2, 0.25) is 0 Å². The second kappa shape index (κ2) is 9.99. The Kier molecular flexibility index (Phi) is 6.68. The van der Waals surface area contributed by atoms with Crippen molar-refractivity contribution in [1.82, 2.24) is 5.32 Å². The Morgan fingerprint density at radius 1 is 0.800 bits per heavy atom. The third-order valence-electron chi connectivity index (χ3n) is 4.75. The first-order chi connectivity index (χ1) is 14.8. The molecule has 0 aliphatic rings. The van der Waals surface area contributed by atoms with Crippen LogP contribution in [0.5, 0.6) is 5.75 Å². The molecule has 0 spiro atoms. The lowest BCUT2D eigenvalue weighted by atomic mass is 10.1. The number of benzene rings is 4. The highest BCUT2D eigenvalue weighted by Crippen LogP contribution is 2.18. The van der Waals surface area contributed by atoms with Gasteiger partial charge in [0.25, 0.3) is 5.91 Å². The normalized spacial score (nSPS) is 10.7. The SMILES string of the molecule is O=C(NCc1ccc2ccccc2c1)c1ccc(OCCSc2ccccc2)cc1. The van der Waals surface area contributed by atoms with E-state index in [2.05, 4.69) is 41.7 Å². The minimum atomic E-state index is -0.0886. The number of hydrogen-bond donors (Lipinski definition) is 1. The fourth-order valence-corrected chi connectivity index (χ4v) is 3.92. The highest BCUT2D eigenvalue weighted by molar-refractivity contribution is 7.99. The molecule has 4 aromatic carbocycles. The lowest BCUT2D eigenvalue weighted by Gasteiger charge is -2.09. The van der Waals surface area contributed by atoms with E-state index in [9.17, 15) is 4.79 Å². The number of ether oxygens (including phenoxy) is 1. The summed E-state index contributed by atoms with van der Waals surface area (Å²) in [6.45, 7) is 1.12. The molecule has 4 rings (SSSR count). The lowest BCUT2D eigenvalue weighted by Crippen LogP contribution is -2.22. The van der Waals surface area contributed by atoms with Gasteiger partial charge in [-0.3, -0.25) is 4.79 Å². The van der Waals surface area contributed by atoms with Crippen molar-refractivity contribution in [2.75, 3.05) is 12.4 Å². The average molecular weight is 414 g/mol. The van der Waals surface area contributed by atoms with E-state index in [-0.39, 0.29) is 5.91 Å². The van der Waals surface area contributed by atoms with E-state index in [1.54, 1.807) is 23.9 Å². The molecule has 0 aliphatic heterocycles. The summed E-state index contributed by atoms with van der Waals surface area (Å²) in [6.07, 6.45) is 0. The monoisotopic (exact) mass is 413 g/mol. The Bertz CT molecular complexity index is 1110. The van der Waals surface area contributed by atoms with Gasteiger partial charge in [0, 0.05) is 22.8 Å². The summed E-state index contributed by atoms with van der Waals surface area (Å²) in [5.74, 6) is 1.56. The highest BCUT2D eigenvalue weighted by Gasteiger charge is 2.06. The number of thioether (sulfide) groups is 1. The Hall–Kier alpha value is -3.24. The second-order valence-electron chi connectivity index (χ2n) is 6.90. The number of rotatable bonds is 8. The smallest absolute Gasteiger partial charge is 0.251 e. The molecule has 0 fully saturated rings. The molecule has 0 unspecified atom stereocenters. The molecule has 0 radical (unpaired) electrons. The molecule has 30 heavy (non-hydrogen) atoms. The van der Waals surface area contributed by atoms with Gasteiger partial charge in [-0.1, -0.05) is 54.6 Å². The molecular weight excluding hydrogens is 390 g/mol. The van der Waals surface area contributed by atoms with Gasteiger partial charge in [-0.2, -0.15) is 0 Å². The van der Waals surface area contributed by atoms with Crippen molar-refractivity contribution in [2.24, 2.45) is 0 Å². The largest absolute Gasteiger partial charge is 0.493 e. The first kappa shape index (κ1) is 20.0. The lowest BCUT2D eigenvalue weighted by molar-refractivity contribution is 0.0951. The van der Waals surface area contributed by atoms with Crippen LogP contribution in [0.25, 0.3) is 10.8 Å². The molecule has 0 aromatic heterocycles. The molecule has 0 saturated carbocycles. The maximum atomic E-state index is 12.5. The number of fused-ring (bicyclic) bond motifs is 1. The predicted octanol–water partition coefficient (Wildman–Crippen LogP) is 5.94. The van der Waals surface area contributed by atoms with E-state index in [4.69, 9.17) is 4.74 Å². The van der Waals surface area contributed by atoms with E-state index in [0.717, 1.165) is 17.1 Å². The zero-order valence-corrected chi connectivity index (χ0v) is 17.4. The summed E-state index contributed by atoms with van der Waals surface area (Å²) >= 11 is 1.76. The first-order valence-corrected chi connectivity index (χ1v) is 10.9. The van der Waals surface area contributed by atoms with Crippen molar-refractivity contribution >= 4 is 28.4 Å². The van der Waals surface area contributed by atoms with Crippen LogP contribution in [-0.2, 0) is 6.54 Å². The molecule has 4 heteroatoms. The summed E-state index contributed by atoms with van der Waals surface area (Å²) in [6, 6.07) is 32.0. The fraction of sp³-hybridized carbons (Fsp3) is 0.115. The van der Waals surface area contributed by atoms with Gasteiger partial charge in [-0.05, 0) is 58.8 Å². The molecule has 150 valence electrons. The van der Waals surface area contributed by atoms with E-state index in [1.807, 2.05) is 48.5 Å². The van der Waals surface area contributed by atoms with Gasteiger partial charge in [0.1, 0.15) is 5.75 Å². The minimum Gasteiger partial charge on any atom is -0.493 e. The highest BCUT2D eigenvalue weighted by atomic mass is 32.2. The van der Waals surface area contributed by atoms with Crippen LogP contribution in [-0.4, -0.2) is 18.3 Å². The summed E-state index contributed by atoms with van der Waals surface area (Å²) in [5, 5.41) is 5.36. The van der Waals surface area contributed by atoms with Crippen molar-refractivity contribution in [1.29, 1.82) is 0 Å². The van der Waals surface area contributed by atoms with Crippen LogP contribution in [0.4, 0.5) is 0 Å². The number of carbonyl (C=O) groups excluding carboxylic acids is 1. The van der Waals surface area contributed by atoms with Gasteiger partial charge < -0.3 is 10.1 Å². The molecule has 0 saturated heterocycles. The van der Waals surface area contributed by atoms with Gasteiger partial charge in [0.15, 0.2) is 0 Å². The van der Waals surface area contributed by atoms with Crippen LogP contribution in [0.3, 0.4) is 0 Å². The summed E-state index contributed by atoms with van der Waals surface area (Å²) in [4.78, 5) is 13.7. The maximum absolute atomic E-state index is 12.5. The molecule has 4 aromatic rings. The standard InChI is InChI=1S/C26H23NO2S/c28-26(27-19-20-10-11-21-6-4-5-7-23(21)18-20)22-12-14-24(15-13-22)29-16-17-30-25-8-2-1-3-9-25/h1-15,18H,16-17,19H2,(H,27,28). The van der Waals surface area contributed by atoms with Crippen molar-refractivity contribution in [3.05, 3.63) is 108 Å². The molecule has 0 bridgehead atoms. The van der Waals surface area contributed by atoms with Crippen LogP contribution < -0.4 is 10.1 Å². The zero-order chi connectivity index (χ0) is 20.6. The number of amides is 1. The number of nitrogens with one attached hydrogen (secondary N) is 1. The fourth-order valence-electron chi connectivity index (χ4n) is 3.17. The third-order valence-corrected chi connectivity index (χ3v) is 5.72. The Morgan fingerprint density at radius 2 is 1.53 bits per heavy atom. The third kappa shape index (κ3) is 5.43. The Balaban J connectivity index is 1.25. The molecular formula is C26H23NO2S. The molecule has 1 amide bonds. The van der Waals surface area contributed by atoms with Crippen LogP contribution in [0, 0.1) is 0 Å². The van der Waals surface area contributed by atoms with Gasteiger partial charge in [-0.15, -0.1) is 11.8 Å². The molecule has 0 atom stereocenters. The average Bonchev–Trinajstić information content (AvgIpc) is 2.81. The maximum Gasteiger partial charge on any atom is 0.251 e. The molecule has 1 N–H and O–H groups in total. The van der Waals surface area contributed by atoms with Gasteiger partial charge in [0.05, 0.1) is 6.61 Å². The summed E-state index contributed by atoms with van der Waals surface area (Å²) < 4.78 is 5.78. The van der Waals surface area contributed by atoms with E-state index < -0.39 is 0 Å². The molecule has 3 nitrogen and oxygen atoms in total. The van der Waals surface area contributed by atoms with E-state index in [1.165, 1.54) is 15.7 Å². The topological polar surface area (TPSA) is 38.3 Å². The number of carbonyl (C=O) groups is 1. The van der Waals surface area contributed by atoms with Gasteiger partial charge >= 0.3 is 0 Å². The quantitative estimate of drug-likeness (QED) is 0.287. The van der Waals surface area contributed by atoms with Crippen LogP contribution in [0.15, 0.2) is 102 Å². The zero-order valence-electron chi connectivity index (χ0n) is 16.6. The summed E-state index contributed by atoms with van der Waals surface area (Å²) in [5.41, 5.74) is 1.71.